The Kier molecular flexibility index (Phi) is 3.10. The van der Waals surface area contributed by atoms with Crippen LogP contribution in [0.3, 0.4) is 0 Å². The van der Waals surface area contributed by atoms with Gasteiger partial charge in [-0.3, -0.25) is 0 Å². The standard InChI is InChI=1S/C12H15N3O/c1-2-15-8-7-14-12(15)9-16-11-6-4-3-5-10(11)13/h3-8H,2,9,13H2,1H3. The number of rotatable bonds is 4. The molecule has 1 aromatic carbocycles. The number of nitrogens with zero attached hydrogens (tertiary/aromatic N) is 2. The lowest BCUT2D eigenvalue weighted by atomic mass is 10.3. The third kappa shape index (κ3) is 2.16. The molecule has 4 heteroatoms. The summed E-state index contributed by atoms with van der Waals surface area (Å²) in [4.78, 5) is 4.23. The number of hydrogen-bond donors (Lipinski definition) is 1. The van der Waals surface area contributed by atoms with E-state index in [1.165, 1.54) is 0 Å². The molecule has 0 saturated heterocycles. The minimum Gasteiger partial charge on any atom is -0.484 e. The SMILES string of the molecule is CCn1ccnc1COc1ccccc1N. The molecule has 0 radical (unpaired) electrons. The van der Waals surface area contributed by atoms with E-state index in [1.807, 2.05) is 35.0 Å². The topological polar surface area (TPSA) is 53.1 Å². The molecule has 0 bridgehead atoms. The molecule has 0 unspecified atom stereocenters. The zero-order valence-corrected chi connectivity index (χ0v) is 9.26. The summed E-state index contributed by atoms with van der Waals surface area (Å²) in [6.45, 7) is 3.40. The van der Waals surface area contributed by atoms with Crippen LogP contribution in [-0.2, 0) is 13.2 Å². The molecular weight excluding hydrogens is 202 g/mol. The monoisotopic (exact) mass is 217 g/mol. The lowest BCUT2D eigenvalue weighted by molar-refractivity contribution is 0.291. The molecule has 1 heterocycles. The van der Waals surface area contributed by atoms with Crippen LogP contribution < -0.4 is 10.5 Å². The van der Waals surface area contributed by atoms with E-state index in [2.05, 4.69) is 11.9 Å². The molecule has 84 valence electrons. The zero-order chi connectivity index (χ0) is 11.4. The minimum absolute atomic E-state index is 0.440. The van der Waals surface area contributed by atoms with Crippen molar-refractivity contribution in [3.63, 3.8) is 0 Å². The lowest BCUT2D eigenvalue weighted by Crippen LogP contribution is -2.06. The fourth-order valence-electron chi connectivity index (χ4n) is 1.52. The van der Waals surface area contributed by atoms with E-state index in [1.54, 1.807) is 6.20 Å². The highest BCUT2D eigenvalue weighted by atomic mass is 16.5. The summed E-state index contributed by atoms with van der Waals surface area (Å²) in [7, 11) is 0. The maximum Gasteiger partial charge on any atom is 0.146 e. The zero-order valence-electron chi connectivity index (χ0n) is 9.26. The number of aryl methyl sites for hydroxylation is 1. The van der Waals surface area contributed by atoms with E-state index in [4.69, 9.17) is 10.5 Å². The van der Waals surface area contributed by atoms with Gasteiger partial charge in [-0.25, -0.2) is 4.98 Å². The Morgan fingerprint density at radius 2 is 2.19 bits per heavy atom. The maximum atomic E-state index is 5.78. The number of nitrogens with two attached hydrogens (primary N) is 1. The third-order valence-electron chi connectivity index (χ3n) is 2.42. The second-order valence-corrected chi connectivity index (χ2v) is 3.46. The summed E-state index contributed by atoms with van der Waals surface area (Å²) in [5, 5.41) is 0. The minimum atomic E-state index is 0.440. The fraction of sp³-hybridized carbons (Fsp3) is 0.250. The van der Waals surface area contributed by atoms with Crippen molar-refractivity contribution in [2.24, 2.45) is 0 Å². The molecule has 0 aliphatic heterocycles. The number of hydrogen-bond acceptors (Lipinski definition) is 3. The fourth-order valence-corrected chi connectivity index (χ4v) is 1.52. The highest BCUT2D eigenvalue weighted by Crippen LogP contribution is 2.20. The molecule has 0 fully saturated rings. The number of ether oxygens (including phenoxy) is 1. The van der Waals surface area contributed by atoms with Gasteiger partial charge in [-0.2, -0.15) is 0 Å². The summed E-state index contributed by atoms with van der Waals surface area (Å²) < 4.78 is 7.66. The van der Waals surface area contributed by atoms with Gasteiger partial charge >= 0.3 is 0 Å². The smallest absolute Gasteiger partial charge is 0.146 e. The molecule has 2 N–H and O–H groups in total. The molecule has 0 aliphatic rings. The van der Waals surface area contributed by atoms with Crippen LogP contribution in [0, 0.1) is 0 Å². The molecule has 16 heavy (non-hydrogen) atoms. The van der Waals surface area contributed by atoms with Crippen LogP contribution >= 0.6 is 0 Å². The van der Waals surface area contributed by atoms with Crippen LogP contribution in [0.25, 0.3) is 0 Å². The van der Waals surface area contributed by atoms with E-state index in [-0.39, 0.29) is 0 Å². The van der Waals surface area contributed by atoms with E-state index >= 15 is 0 Å². The van der Waals surface area contributed by atoms with Gasteiger partial charge in [-0.15, -0.1) is 0 Å². The van der Waals surface area contributed by atoms with Gasteiger partial charge in [0, 0.05) is 18.9 Å². The summed E-state index contributed by atoms with van der Waals surface area (Å²) in [5.41, 5.74) is 6.43. The van der Waals surface area contributed by atoms with Gasteiger partial charge in [-0.1, -0.05) is 12.1 Å². The van der Waals surface area contributed by atoms with Gasteiger partial charge in [0.25, 0.3) is 0 Å². The second-order valence-electron chi connectivity index (χ2n) is 3.46. The van der Waals surface area contributed by atoms with E-state index < -0.39 is 0 Å². The largest absolute Gasteiger partial charge is 0.484 e. The molecule has 0 amide bonds. The van der Waals surface area contributed by atoms with Crippen LogP contribution in [0.1, 0.15) is 12.7 Å². The Labute approximate surface area is 94.7 Å². The van der Waals surface area contributed by atoms with Crippen molar-refractivity contribution >= 4 is 5.69 Å². The highest BCUT2D eigenvalue weighted by Gasteiger charge is 2.03. The average Bonchev–Trinajstić information content (AvgIpc) is 2.75. The summed E-state index contributed by atoms with van der Waals surface area (Å²) in [6.07, 6.45) is 3.71. The summed E-state index contributed by atoms with van der Waals surface area (Å²) in [6, 6.07) is 7.46. The molecule has 0 saturated carbocycles. The first-order chi connectivity index (χ1) is 7.81. The molecule has 2 rings (SSSR count). The molecule has 2 aromatic rings. The third-order valence-corrected chi connectivity index (χ3v) is 2.42. The molecule has 0 spiro atoms. The lowest BCUT2D eigenvalue weighted by Gasteiger charge is -2.09. The molecular formula is C12H15N3O. The normalized spacial score (nSPS) is 10.3. The quantitative estimate of drug-likeness (QED) is 0.797. The van der Waals surface area contributed by atoms with Crippen LogP contribution in [0.4, 0.5) is 5.69 Å². The number of anilines is 1. The Morgan fingerprint density at radius 3 is 2.94 bits per heavy atom. The van der Waals surface area contributed by atoms with Gasteiger partial charge in [0.05, 0.1) is 5.69 Å². The van der Waals surface area contributed by atoms with Crippen molar-refractivity contribution in [1.29, 1.82) is 0 Å². The van der Waals surface area contributed by atoms with Crippen LogP contribution in [-0.4, -0.2) is 9.55 Å². The Morgan fingerprint density at radius 1 is 1.38 bits per heavy atom. The Bertz CT molecular complexity index is 465. The first kappa shape index (κ1) is 10.5. The van der Waals surface area contributed by atoms with Crippen LogP contribution in [0.15, 0.2) is 36.7 Å². The number of benzene rings is 1. The number of para-hydroxylation sites is 2. The molecule has 0 aliphatic carbocycles. The number of aromatic nitrogens is 2. The average molecular weight is 217 g/mol. The van der Waals surface area contributed by atoms with Crippen molar-refractivity contribution in [1.82, 2.24) is 9.55 Å². The second kappa shape index (κ2) is 4.70. The van der Waals surface area contributed by atoms with Crippen molar-refractivity contribution < 1.29 is 4.74 Å². The molecule has 4 nitrogen and oxygen atoms in total. The first-order valence-corrected chi connectivity index (χ1v) is 5.28. The van der Waals surface area contributed by atoms with Crippen molar-refractivity contribution in [2.75, 3.05) is 5.73 Å². The number of imidazole rings is 1. The Balaban J connectivity index is 2.05. The number of nitrogen functional groups attached to an aromatic ring is 1. The van der Waals surface area contributed by atoms with Crippen LogP contribution in [0.5, 0.6) is 5.75 Å². The summed E-state index contributed by atoms with van der Waals surface area (Å²) >= 11 is 0. The van der Waals surface area contributed by atoms with Gasteiger partial charge in [0.1, 0.15) is 18.2 Å². The Hall–Kier alpha value is -1.97. The van der Waals surface area contributed by atoms with Crippen molar-refractivity contribution in [3.8, 4) is 5.75 Å². The molecule has 0 atom stereocenters. The van der Waals surface area contributed by atoms with E-state index in [0.717, 1.165) is 12.4 Å². The van der Waals surface area contributed by atoms with Crippen molar-refractivity contribution in [2.45, 2.75) is 20.1 Å². The van der Waals surface area contributed by atoms with E-state index in [9.17, 15) is 0 Å². The van der Waals surface area contributed by atoms with Gasteiger partial charge in [0.2, 0.25) is 0 Å². The van der Waals surface area contributed by atoms with Crippen molar-refractivity contribution in [3.05, 3.63) is 42.5 Å². The van der Waals surface area contributed by atoms with Gasteiger partial charge < -0.3 is 15.0 Å². The molecule has 1 aromatic heterocycles. The van der Waals surface area contributed by atoms with Crippen LogP contribution in [0.2, 0.25) is 0 Å². The van der Waals surface area contributed by atoms with Gasteiger partial charge in [0.15, 0.2) is 0 Å². The first-order valence-electron chi connectivity index (χ1n) is 5.28. The summed E-state index contributed by atoms with van der Waals surface area (Å²) in [5.74, 6) is 1.61. The van der Waals surface area contributed by atoms with E-state index in [0.29, 0.717) is 18.0 Å². The van der Waals surface area contributed by atoms with Gasteiger partial charge in [-0.05, 0) is 19.1 Å². The maximum absolute atomic E-state index is 5.78. The highest BCUT2D eigenvalue weighted by molar-refractivity contribution is 5.51. The predicted octanol–water partition coefficient (Wildman–Crippen LogP) is 2.06. The predicted molar refractivity (Wildman–Crippen MR) is 63.1 cm³/mol.